The average Bonchev–Trinajstić information content (AvgIpc) is 2.30. The van der Waals surface area contributed by atoms with Gasteiger partial charge < -0.3 is 10.4 Å². The minimum absolute atomic E-state index is 0.172. The van der Waals surface area contributed by atoms with Crippen LogP contribution in [-0.4, -0.2) is 35.2 Å². The lowest BCUT2D eigenvalue weighted by Crippen LogP contribution is -2.39. The highest BCUT2D eigenvalue weighted by Crippen LogP contribution is 2.23. The highest BCUT2D eigenvalue weighted by atomic mass is 32.2. The minimum atomic E-state index is 0.172. The van der Waals surface area contributed by atoms with E-state index in [9.17, 15) is 4.79 Å². The molecule has 1 fully saturated rings. The third-order valence-corrected chi connectivity index (χ3v) is 4.21. The maximum absolute atomic E-state index is 11.6. The molecule has 1 saturated carbocycles. The van der Waals surface area contributed by atoms with Gasteiger partial charge >= 0.3 is 0 Å². The van der Waals surface area contributed by atoms with E-state index in [1.807, 2.05) is 0 Å². The molecule has 0 aromatic rings. The van der Waals surface area contributed by atoms with Crippen LogP contribution in [0.5, 0.6) is 0 Å². The second-order valence-electron chi connectivity index (χ2n) is 4.52. The first-order chi connectivity index (χ1) is 7.76. The highest BCUT2D eigenvalue weighted by molar-refractivity contribution is 7.99. The number of aliphatic hydroxyl groups excluding tert-OH is 1. The van der Waals surface area contributed by atoms with Gasteiger partial charge in [-0.25, -0.2) is 0 Å². The Morgan fingerprint density at radius 3 is 2.62 bits per heavy atom. The van der Waals surface area contributed by atoms with Crippen LogP contribution < -0.4 is 5.32 Å². The first-order valence-electron chi connectivity index (χ1n) is 6.24. The zero-order valence-electron chi connectivity index (χ0n) is 10.1. The van der Waals surface area contributed by atoms with Gasteiger partial charge in [0, 0.05) is 12.6 Å². The summed E-state index contributed by atoms with van der Waals surface area (Å²) in [5, 5.41) is 12.1. The van der Waals surface area contributed by atoms with Crippen molar-refractivity contribution in [1.82, 2.24) is 5.32 Å². The molecule has 0 atom stereocenters. The molecule has 0 radical (unpaired) electrons. The molecule has 0 aromatic heterocycles. The zero-order chi connectivity index (χ0) is 11.8. The van der Waals surface area contributed by atoms with Crippen molar-refractivity contribution in [3.05, 3.63) is 0 Å². The molecule has 1 rings (SSSR count). The van der Waals surface area contributed by atoms with Crippen molar-refractivity contribution in [2.24, 2.45) is 5.92 Å². The normalized spacial score (nSPS) is 25.4. The van der Waals surface area contributed by atoms with Crippen LogP contribution >= 0.6 is 11.8 Å². The Labute approximate surface area is 102 Å². The van der Waals surface area contributed by atoms with E-state index in [1.165, 1.54) is 0 Å². The molecule has 3 nitrogen and oxygen atoms in total. The van der Waals surface area contributed by atoms with Crippen molar-refractivity contribution in [3.8, 4) is 0 Å². The molecule has 94 valence electrons. The fourth-order valence-electron chi connectivity index (χ4n) is 2.07. The summed E-state index contributed by atoms with van der Waals surface area (Å²) in [6.45, 7) is 2.42. The summed E-state index contributed by atoms with van der Waals surface area (Å²) in [4.78, 5) is 11.6. The Hall–Kier alpha value is -0.220. The second-order valence-corrected chi connectivity index (χ2v) is 5.63. The topological polar surface area (TPSA) is 49.3 Å². The first kappa shape index (κ1) is 13.8. The Bertz CT molecular complexity index is 203. The fraction of sp³-hybridized carbons (Fsp3) is 0.917. The van der Waals surface area contributed by atoms with Gasteiger partial charge in [0.1, 0.15) is 0 Å². The van der Waals surface area contributed by atoms with Gasteiger partial charge in [-0.3, -0.25) is 4.79 Å². The van der Waals surface area contributed by atoms with Crippen molar-refractivity contribution in [1.29, 1.82) is 0 Å². The van der Waals surface area contributed by atoms with Crippen molar-refractivity contribution < 1.29 is 9.90 Å². The maximum atomic E-state index is 11.6. The van der Waals surface area contributed by atoms with Crippen LogP contribution in [0.4, 0.5) is 0 Å². The molecule has 0 aromatic carbocycles. The zero-order valence-corrected chi connectivity index (χ0v) is 10.9. The molecule has 0 bridgehead atoms. The van der Waals surface area contributed by atoms with Crippen molar-refractivity contribution in [2.45, 2.75) is 45.1 Å². The monoisotopic (exact) mass is 245 g/mol. The van der Waals surface area contributed by atoms with Gasteiger partial charge in [-0.1, -0.05) is 6.92 Å². The Balaban J connectivity index is 2.10. The average molecular weight is 245 g/mol. The predicted molar refractivity (Wildman–Crippen MR) is 68.6 cm³/mol. The van der Waals surface area contributed by atoms with E-state index < -0.39 is 0 Å². The molecule has 1 aliphatic rings. The Morgan fingerprint density at radius 1 is 1.38 bits per heavy atom. The van der Waals surface area contributed by atoms with Crippen molar-refractivity contribution >= 4 is 17.7 Å². The third kappa shape index (κ3) is 5.21. The van der Waals surface area contributed by atoms with Crippen LogP contribution in [0.15, 0.2) is 0 Å². The van der Waals surface area contributed by atoms with E-state index in [2.05, 4.69) is 12.2 Å². The summed E-state index contributed by atoms with van der Waals surface area (Å²) in [6, 6.07) is 0.345. The molecule has 0 aliphatic heterocycles. The minimum Gasteiger partial charge on any atom is -0.396 e. The summed E-state index contributed by atoms with van der Waals surface area (Å²) < 4.78 is 0. The molecule has 16 heavy (non-hydrogen) atoms. The largest absolute Gasteiger partial charge is 0.396 e. The van der Waals surface area contributed by atoms with E-state index in [0.717, 1.165) is 37.9 Å². The molecule has 0 heterocycles. The number of carbonyl (C=O) groups is 1. The van der Waals surface area contributed by atoms with E-state index in [0.29, 0.717) is 24.3 Å². The lowest BCUT2D eigenvalue weighted by atomic mass is 9.86. The van der Waals surface area contributed by atoms with Gasteiger partial charge in [0.25, 0.3) is 0 Å². The molecule has 2 N–H and O–H groups in total. The van der Waals surface area contributed by atoms with Crippen LogP contribution in [0.25, 0.3) is 0 Å². The van der Waals surface area contributed by atoms with Crippen LogP contribution in [0.1, 0.15) is 39.0 Å². The number of rotatable bonds is 6. The van der Waals surface area contributed by atoms with Gasteiger partial charge in [-0.05, 0) is 43.8 Å². The van der Waals surface area contributed by atoms with E-state index in [4.69, 9.17) is 5.11 Å². The predicted octanol–water partition coefficient (Wildman–Crippen LogP) is 1.80. The number of amides is 1. The van der Waals surface area contributed by atoms with E-state index >= 15 is 0 Å². The Kier molecular flexibility index (Phi) is 6.88. The van der Waals surface area contributed by atoms with Gasteiger partial charge in [0.2, 0.25) is 5.91 Å². The summed E-state index contributed by atoms with van der Waals surface area (Å²) in [5.41, 5.74) is 0. The fourth-order valence-corrected chi connectivity index (χ4v) is 2.77. The number of carbonyl (C=O) groups excluding carboxylic acids is 1. The first-order valence-corrected chi connectivity index (χ1v) is 7.39. The quantitative estimate of drug-likeness (QED) is 0.702. The number of hydrogen-bond donors (Lipinski definition) is 2. The SMILES string of the molecule is CCCSCC(=O)NC1CCC(CO)CC1. The molecule has 0 saturated heterocycles. The molecule has 0 unspecified atom stereocenters. The van der Waals surface area contributed by atoms with E-state index in [-0.39, 0.29) is 5.91 Å². The van der Waals surface area contributed by atoms with Gasteiger partial charge in [-0.15, -0.1) is 0 Å². The number of hydrogen-bond acceptors (Lipinski definition) is 3. The number of aliphatic hydroxyl groups is 1. The molecule has 1 amide bonds. The summed E-state index contributed by atoms with van der Waals surface area (Å²) >= 11 is 1.70. The summed E-state index contributed by atoms with van der Waals surface area (Å²) in [7, 11) is 0. The summed E-state index contributed by atoms with van der Waals surface area (Å²) in [5.74, 6) is 2.28. The molecular formula is C12H23NO2S. The van der Waals surface area contributed by atoms with Crippen LogP contribution in [0.2, 0.25) is 0 Å². The van der Waals surface area contributed by atoms with Crippen molar-refractivity contribution in [3.63, 3.8) is 0 Å². The highest BCUT2D eigenvalue weighted by Gasteiger charge is 2.21. The second kappa shape index (κ2) is 7.96. The molecule has 1 aliphatic carbocycles. The van der Waals surface area contributed by atoms with Crippen LogP contribution in [-0.2, 0) is 4.79 Å². The smallest absolute Gasteiger partial charge is 0.230 e. The maximum Gasteiger partial charge on any atom is 0.230 e. The molecule has 0 spiro atoms. The van der Waals surface area contributed by atoms with E-state index in [1.54, 1.807) is 11.8 Å². The van der Waals surface area contributed by atoms with Crippen LogP contribution in [0, 0.1) is 5.92 Å². The van der Waals surface area contributed by atoms with Gasteiger partial charge in [0.15, 0.2) is 0 Å². The standard InChI is InChI=1S/C12H23NO2S/c1-2-7-16-9-12(15)13-11-5-3-10(8-14)4-6-11/h10-11,14H,2-9H2,1H3,(H,13,15). The lowest BCUT2D eigenvalue weighted by Gasteiger charge is -2.27. The number of nitrogens with one attached hydrogen (secondary N) is 1. The Morgan fingerprint density at radius 2 is 2.06 bits per heavy atom. The summed E-state index contributed by atoms with van der Waals surface area (Å²) in [6.07, 6.45) is 5.26. The molecular weight excluding hydrogens is 222 g/mol. The molecule has 4 heteroatoms. The lowest BCUT2D eigenvalue weighted by molar-refractivity contribution is -0.119. The van der Waals surface area contributed by atoms with Gasteiger partial charge in [0.05, 0.1) is 5.75 Å². The van der Waals surface area contributed by atoms with Crippen molar-refractivity contribution in [2.75, 3.05) is 18.1 Å². The number of thioether (sulfide) groups is 1. The van der Waals surface area contributed by atoms with Crippen LogP contribution in [0.3, 0.4) is 0 Å². The van der Waals surface area contributed by atoms with Gasteiger partial charge in [-0.2, -0.15) is 11.8 Å². The third-order valence-electron chi connectivity index (χ3n) is 3.05.